The Balaban J connectivity index is 1.73. The summed E-state index contributed by atoms with van der Waals surface area (Å²) in [6.07, 6.45) is 2.20. The number of rotatable bonds is 3. The third kappa shape index (κ3) is 3.01. The maximum atomic E-state index is 4.52. The van der Waals surface area contributed by atoms with Crippen LogP contribution in [0.2, 0.25) is 0 Å². The zero-order valence-corrected chi connectivity index (χ0v) is 12.2. The van der Waals surface area contributed by atoms with E-state index < -0.39 is 0 Å². The normalized spacial score (nSPS) is 16.7. The number of hydrogen-bond acceptors (Lipinski definition) is 4. The summed E-state index contributed by atoms with van der Waals surface area (Å²) in [5.41, 5.74) is 1.16. The zero-order valence-electron chi connectivity index (χ0n) is 10.6. The molecule has 1 N–H and O–H groups in total. The molecule has 100 valence electrons. The Morgan fingerprint density at radius 2 is 2.05 bits per heavy atom. The first-order chi connectivity index (χ1) is 9.33. The summed E-state index contributed by atoms with van der Waals surface area (Å²) in [4.78, 5) is 1.68. The highest BCUT2D eigenvalue weighted by Crippen LogP contribution is 2.21. The van der Waals surface area contributed by atoms with Gasteiger partial charge in [0.25, 0.3) is 0 Å². The van der Waals surface area contributed by atoms with Crippen molar-refractivity contribution in [3.8, 4) is 0 Å². The molecule has 0 amide bonds. The second-order valence-electron chi connectivity index (χ2n) is 4.79. The van der Waals surface area contributed by atoms with E-state index in [0.29, 0.717) is 12.5 Å². The van der Waals surface area contributed by atoms with Gasteiger partial charge in [-0.05, 0) is 42.8 Å². The Bertz CT molecular complexity index is 547. The Morgan fingerprint density at radius 1 is 1.26 bits per heavy atom. The molecule has 0 saturated carbocycles. The van der Waals surface area contributed by atoms with Gasteiger partial charge in [0, 0.05) is 10.4 Å². The van der Waals surface area contributed by atoms with Crippen molar-refractivity contribution < 1.29 is 0 Å². The highest BCUT2D eigenvalue weighted by Gasteiger charge is 2.19. The Morgan fingerprint density at radius 3 is 2.84 bits per heavy atom. The van der Waals surface area contributed by atoms with Crippen molar-refractivity contribution in [3.63, 3.8) is 0 Å². The Hall–Kier alpha value is -1.27. The number of hydrogen-bond donors (Lipinski definition) is 1. The number of piperidine rings is 1. The molecular formula is C13H16BrN5. The lowest BCUT2D eigenvalue weighted by Crippen LogP contribution is -2.27. The first-order valence-corrected chi connectivity index (χ1v) is 7.34. The monoisotopic (exact) mass is 321 g/mol. The van der Waals surface area contributed by atoms with Crippen molar-refractivity contribution in [3.05, 3.63) is 40.1 Å². The van der Waals surface area contributed by atoms with E-state index in [2.05, 4.69) is 42.7 Å². The SMILES string of the molecule is Brc1ccccc1Cn1nnc(C2CCNCC2)n1. The van der Waals surface area contributed by atoms with Gasteiger partial charge in [-0.25, -0.2) is 0 Å². The van der Waals surface area contributed by atoms with Crippen molar-refractivity contribution in [1.29, 1.82) is 0 Å². The molecule has 0 aliphatic carbocycles. The molecule has 1 aliphatic heterocycles. The third-order valence-corrected chi connectivity index (χ3v) is 4.22. The van der Waals surface area contributed by atoms with E-state index in [9.17, 15) is 0 Å². The van der Waals surface area contributed by atoms with Crippen LogP contribution in [0, 0.1) is 0 Å². The molecule has 5 nitrogen and oxygen atoms in total. The molecule has 0 bridgehead atoms. The quantitative estimate of drug-likeness (QED) is 0.938. The molecule has 1 aliphatic rings. The van der Waals surface area contributed by atoms with Gasteiger partial charge in [0.2, 0.25) is 0 Å². The van der Waals surface area contributed by atoms with E-state index in [4.69, 9.17) is 0 Å². The molecule has 1 aromatic heterocycles. The average Bonchev–Trinajstić information content (AvgIpc) is 2.91. The number of aromatic nitrogens is 4. The topological polar surface area (TPSA) is 55.6 Å². The third-order valence-electron chi connectivity index (χ3n) is 3.44. The summed E-state index contributed by atoms with van der Waals surface area (Å²) < 4.78 is 1.08. The zero-order chi connectivity index (χ0) is 13.1. The van der Waals surface area contributed by atoms with Crippen molar-refractivity contribution in [1.82, 2.24) is 25.5 Å². The lowest BCUT2D eigenvalue weighted by Gasteiger charge is -2.19. The molecular weight excluding hydrogens is 306 g/mol. The molecule has 1 saturated heterocycles. The van der Waals surface area contributed by atoms with Gasteiger partial charge in [-0.1, -0.05) is 34.1 Å². The fourth-order valence-electron chi connectivity index (χ4n) is 2.35. The van der Waals surface area contributed by atoms with Crippen molar-refractivity contribution >= 4 is 15.9 Å². The van der Waals surface area contributed by atoms with E-state index in [0.717, 1.165) is 41.8 Å². The lowest BCUT2D eigenvalue weighted by molar-refractivity contribution is 0.442. The van der Waals surface area contributed by atoms with Gasteiger partial charge < -0.3 is 5.32 Å². The van der Waals surface area contributed by atoms with Crippen LogP contribution >= 0.6 is 15.9 Å². The maximum absolute atomic E-state index is 4.52. The summed E-state index contributed by atoms with van der Waals surface area (Å²) >= 11 is 3.54. The number of nitrogens with one attached hydrogen (secondary N) is 1. The molecule has 2 aromatic rings. The highest BCUT2D eigenvalue weighted by atomic mass is 79.9. The molecule has 2 heterocycles. The van der Waals surface area contributed by atoms with Gasteiger partial charge in [0.1, 0.15) is 0 Å². The van der Waals surface area contributed by atoms with Crippen LogP contribution in [0.3, 0.4) is 0 Å². The molecule has 1 aromatic carbocycles. The summed E-state index contributed by atoms with van der Waals surface area (Å²) in [6.45, 7) is 2.74. The summed E-state index contributed by atoms with van der Waals surface area (Å²) in [5, 5.41) is 16.2. The van der Waals surface area contributed by atoms with Crippen LogP contribution in [-0.4, -0.2) is 33.3 Å². The Kier molecular flexibility index (Phi) is 3.89. The molecule has 6 heteroatoms. The predicted molar refractivity (Wildman–Crippen MR) is 75.9 cm³/mol. The summed E-state index contributed by atoms with van der Waals surface area (Å²) in [5.74, 6) is 1.34. The molecule has 3 rings (SSSR count). The van der Waals surface area contributed by atoms with Crippen LogP contribution in [0.25, 0.3) is 0 Å². The van der Waals surface area contributed by atoms with Crippen LogP contribution in [0.4, 0.5) is 0 Å². The standard InChI is InChI=1S/C13H16BrN5/c14-12-4-2-1-3-11(12)9-19-17-13(16-18-19)10-5-7-15-8-6-10/h1-4,10,15H,5-9H2. The van der Waals surface area contributed by atoms with E-state index in [-0.39, 0.29) is 0 Å². The number of halogens is 1. The molecule has 0 atom stereocenters. The Labute approximate surface area is 120 Å². The van der Waals surface area contributed by atoms with E-state index >= 15 is 0 Å². The second kappa shape index (κ2) is 5.79. The van der Waals surface area contributed by atoms with Gasteiger partial charge >= 0.3 is 0 Å². The van der Waals surface area contributed by atoms with Gasteiger partial charge in [0.15, 0.2) is 5.82 Å². The minimum Gasteiger partial charge on any atom is -0.317 e. The lowest BCUT2D eigenvalue weighted by atomic mass is 9.98. The summed E-state index contributed by atoms with van der Waals surface area (Å²) in [6, 6.07) is 8.12. The molecule has 0 spiro atoms. The highest BCUT2D eigenvalue weighted by molar-refractivity contribution is 9.10. The fourth-order valence-corrected chi connectivity index (χ4v) is 2.76. The number of nitrogens with zero attached hydrogens (tertiary/aromatic N) is 4. The van der Waals surface area contributed by atoms with Gasteiger partial charge in [0.05, 0.1) is 6.54 Å². The van der Waals surface area contributed by atoms with Crippen molar-refractivity contribution in [2.24, 2.45) is 0 Å². The van der Waals surface area contributed by atoms with Gasteiger partial charge in [-0.2, -0.15) is 4.80 Å². The van der Waals surface area contributed by atoms with Crippen LogP contribution < -0.4 is 5.32 Å². The largest absolute Gasteiger partial charge is 0.317 e. The molecule has 19 heavy (non-hydrogen) atoms. The van der Waals surface area contributed by atoms with Gasteiger partial charge in [-0.15, -0.1) is 10.2 Å². The number of tetrazole rings is 1. The van der Waals surface area contributed by atoms with Crippen LogP contribution in [0.15, 0.2) is 28.7 Å². The minimum absolute atomic E-state index is 0.453. The van der Waals surface area contributed by atoms with E-state index in [1.165, 1.54) is 0 Å². The molecule has 0 radical (unpaired) electrons. The minimum atomic E-state index is 0.453. The molecule has 1 fully saturated rings. The van der Waals surface area contributed by atoms with Crippen LogP contribution in [0.5, 0.6) is 0 Å². The smallest absolute Gasteiger partial charge is 0.177 e. The summed E-state index contributed by atoms with van der Waals surface area (Å²) in [7, 11) is 0. The molecule has 0 unspecified atom stereocenters. The van der Waals surface area contributed by atoms with E-state index in [1.54, 1.807) is 4.80 Å². The van der Waals surface area contributed by atoms with Crippen LogP contribution in [0.1, 0.15) is 30.1 Å². The van der Waals surface area contributed by atoms with Crippen molar-refractivity contribution in [2.75, 3.05) is 13.1 Å². The average molecular weight is 322 g/mol. The first-order valence-electron chi connectivity index (χ1n) is 6.55. The van der Waals surface area contributed by atoms with Gasteiger partial charge in [-0.3, -0.25) is 0 Å². The van der Waals surface area contributed by atoms with Crippen LogP contribution in [-0.2, 0) is 6.54 Å². The first kappa shape index (κ1) is 12.7. The fraction of sp³-hybridized carbons (Fsp3) is 0.462. The maximum Gasteiger partial charge on any atom is 0.177 e. The number of benzene rings is 1. The predicted octanol–water partition coefficient (Wildman–Crippen LogP) is 1.95. The second-order valence-corrected chi connectivity index (χ2v) is 5.65. The van der Waals surface area contributed by atoms with Crippen molar-refractivity contribution in [2.45, 2.75) is 25.3 Å². The van der Waals surface area contributed by atoms with E-state index in [1.807, 2.05) is 18.2 Å².